The number of hydrogen-bond donors (Lipinski definition) is 0. The summed E-state index contributed by atoms with van der Waals surface area (Å²) in [5.74, 6) is 0.696. The predicted octanol–water partition coefficient (Wildman–Crippen LogP) is 3.46. The summed E-state index contributed by atoms with van der Waals surface area (Å²) >= 11 is 0. The van der Waals surface area contributed by atoms with E-state index in [9.17, 15) is 9.59 Å². The lowest BCUT2D eigenvalue weighted by molar-refractivity contribution is -0.133. The molecule has 0 radical (unpaired) electrons. The smallest absolute Gasteiger partial charge is 0.227 e. The minimum Gasteiger partial charge on any atom is -0.497 e. The number of ether oxygens (including phenoxy) is 1. The normalized spacial score (nSPS) is 13.8. The maximum Gasteiger partial charge on any atom is 0.227 e. The van der Waals surface area contributed by atoms with Crippen LogP contribution in [0.2, 0.25) is 0 Å². The molecule has 1 fully saturated rings. The van der Waals surface area contributed by atoms with Crippen LogP contribution in [0.5, 0.6) is 5.75 Å². The van der Waals surface area contributed by atoms with Crippen LogP contribution >= 0.6 is 0 Å². The molecule has 2 amide bonds. The van der Waals surface area contributed by atoms with Gasteiger partial charge in [-0.2, -0.15) is 5.26 Å². The van der Waals surface area contributed by atoms with Crippen molar-refractivity contribution in [3.8, 4) is 11.8 Å². The van der Waals surface area contributed by atoms with E-state index in [1.807, 2.05) is 59.5 Å². The Morgan fingerprint density at radius 1 is 1.00 bits per heavy atom. The molecule has 0 spiro atoms. The maximum atomic E-state index is 12.8. The summed E-state index contributed by atoms with van der Waals surface area (Å²) in [5.41, 5.74) is 1.87. The first-order chi connectivity index (χ1) is 15.6. The van der Waals surface area contributed by atoms with Crippen molar-refractivity contribution >= 4 is 23.2 Å². The first-order valence-corrected chi connectivity index (χ1v) is 11.0. The maximum absolute atomic E-state index is 12.8. The third-order valence-corrected chi connectivity index (χ3v) is 5.66. The molecule has 1 saturated heterocycles. The summed E-state index contributed by atoms with van der Waals surface area (Å²) in [6.07, 6.45) is 1.45. The third-order valence-electron chi connectivity index (χ3n) is 5.66. The molecule has 0 unspecified atom stereocenters. The Balaban J connectivity index is 1.53. The highest BCUT2D eigenvalue weighted by atomic mass is 16.5. The average Bonchev–Trinajstić information content (AvgIpc) is 3.10. The van der Waals surface area contributed by atoms with Gasteiger partial charge >= 0.3 is 0 Å². The van der Waals surface area contributed by atoms with E-state index in [0.717, 1.165) is 36.6 Å². The van der Waals surface area contributed by atoms with E-state index in [0.29, 0.717) is 19.6 Å². The summed E-state index contributed by atoms with van der Waals surface area (Å²) in [4.78, 5) is 31.4. The molecule has 0 bridgehead atoms. The van der Waals surface area contributed by atoms with Crippen molar-refractivity contribution in [2.24, 2.45) is 0 Å². The summed E-state index contributed by atoms with van der Waals surface area (Å²) in [6, 6.07) is 19.3. The lowest BCUT2D eigenvalue weighted by Crippen LogP contribution is -2.37. The van der Waals surface area contributed by atoms with Crippen molar-refractivity contribution in [3.05, 3.63) is 54.6 Å². The fraction of sp³-hybridized carbons (Fsp3) is 0.400. The number of amides is 2. The summed E-state index contributed by atoms with van der Waals surface area (Å²) in [7, 11) is 1.65. The molecule has 0 saturated carbocycles. The quantitative estimate of drug-likeness (QED) is 0.636. The Morgan fingerprint density at radius 3 is 2.44 bits per heavy atom. The Hall–Kier alpha value is -3.53. The SMILES string of the molecule is COc1ccc(N2CCCN(C(=O)CCC(=O)N(CCC#N)c3ccccc3)CC2)cc1. The zero-order valence-corrected chi connectivity index (χ0v) is 18.6. The number of carbonyl (C=O) groups is 2. The minimum absolute atomic E-state index is 0.00299. The lowest BCUT2D eigenvalue weighted by atomic mass is 10.2. The second-order valence-electron chi connectivity index (χ2n) is 7.71. The third kappa shape index (κ3) is 6.24. The standard InChI is InChI=1S/C25H30N4O3/c1-32-23-11-9-21(10-12-23)27-16-6-17-28(20-19-27)24(30)13-14-25(31)29(18-5-15-26)22-7-3-2-4-8-22/h2-4,7-12H,5-6,13-14,16-20H2,1H3. The number of nitrogens with zero attached hydrogens (tertiary/aromatic N) is 4. The zero-order chi connectivity index (χ0) is 22.8. The Kier molecular flexibility index (Phi) is 8.50. The predicted molar refractivity (Wildman–Crippen MR) is 125 cm³/mol. The number of anilines is 2. The first-order valence-electron chi connectivity index (χ1n) is 11.0. The van der Waals surface area contributed by atoms with E-state index in [1.54, 1.807) is 12.0 Å². The van der Waals surface area contributed by atoms with Crippen molar-refractivity contribution in [1.29, 1.82) is 5.26 Å². The van der Waals surface area contributed by atoms with E-state index in [1.165, 1.54) is 0 Å². The monoisotopic (exact) mass is 434 g/mol. The molecule has 7 heteroatoms. The molecule has 1 heterocycles. The summed E-state index contributed by atoms with van der Waals surface area (Å²) in [6.45, 7) is 3.29. The molecule has 1 aliphatic heterocycles. The van der Waals surface area contributed by atoms with Gasteiger partial charge in [0.05, 0.1) is 19.6 Å². The number of benzene rings is 2. The van der Waals surface area contributed by atoms with Crippen LogP contribution in [-0.2, 0) is 9.59 Å². The van der Waals surface area contributed by atoms with Crippen LogP contribution < -0.4 is 14.5 Å². The van der Waals surface area contributed by atoms with Crippen LogP contribution in [0.3, 0.4) is 0 Å². The minimum atomic E-state index is -0.130. The molecule has 0 aliphatic carbocycles. The molecular formula is C25H30N4O3. The van der Waals surface area contributed by atoms with E-state index < -0.39 is 0 Å². The van der Waals surface area contributed by atoms with Crippen LogP contribution in [0, 0.1) is 11.3 Å². The Bertz CT molecular complexity index is 924. The topological polar surface area (TPSA) is 76.9 Å². The number of para-hydroxylation sites is 1. The van der Waals surface area contributed by atoms with Gasteiger partial charge in [0.15, 0.2) is 0 Å². The van der Waals surface area contributed by atoms with Crippen LogP contribution in [-0.4, -0.2) is 56.5 Å². The van der Waals surface area contributed by atoms with Crippen molar-refractivity contribution in [3.63, 3.8) is 0 Å². The van der Waals surface area contributed by atoms with Crippen LogP contribution in [0.15, 0.2) is 54.6 Å². The summed E-state index contributed by atoms with van der Waals surface area (Å²) < 4.78 is 5.22. The molecule has 7 nitrogen and oxygen atoms in total. The summed E-state index contributed by atoms with van der Waals surface area (Å²) in [5, 5.41) is 8.93. The van der Waals surface area contributed by atoms with Crippen LogP contribution in [0.1, 0.15) is 25.7 Å². The van der Waals surface area contributed by atoms with Crippen LogP contribution in [0.4, 0.5) is 11.4 Å². The fourth-order valence-electron chi connectivity index (χ4n) is 3.89. The van der Waals surface area contributed by atoms with Crippen molar-refractivity contribution in [1.82, 2.24) is 4.90 Å². The zero-order valence-electron chi connectivity index (χ0n) is 18.6. The number of carbonyl (C=O) groups excluding carboxylic acids is 2. The molecule has 3 rings (SSSR count). The number of hydrogen-bond acceptors (Lipinski definition) is 5. The Labute approximate surface area is 189 Å². The molecular weight excluding hydrogens is 404 g/mol. The van der Waals surface area contributed by atoms with Gasteiger partial charge in [-0.25, -0.2) is 0 Å². The van der Waals surface area contributed by atoms with Gasteiger partial charge in [0.25, 0.3) is 0 Å². The molecule has 168 valence electrons. The van der Waals surface area contributed by atoms with E-state index in [-0.39, 0.29) is 31.1 Å². The van der Waals surface area contributed by atoms with Gasteiger partial charge in [0.1, 0.15) is 5.75 Å². The van der Waals surface area contributed by atoms with Gasteiger partial charge in [0.2, 0.25) is 11.8 Å². The van der Waals surface area contributed by atoms with E-state index in [2.05, 4.69) is 11.0 Å². The molecule has 0 N–H and O–H groups in total. The van der Waals surface area contributed by atoms with Crippen molar-refractivity contribution in [2.45, 2.75) is 25.7 Å². The average molecular weight is 435 g/mol. The first kappa shape index (κ1) is 23.1. The molecule has 0 atom stereocenters. The van der Waals surface area contributed by atoms with Gasteiger partial charge in [-0.1, -0.05) is 18.2 Å². The Morgan fingerprint density at radius 2 is 1.75 bits per heavy atom. The van der Waals surface area contributed by atoms with E-state index in [4.69, 9.17) is 10.00 Å². The molecule has 0 aromatic heterocycles. The van der Waals surface area contributed by atoms with E-state index >= 15 is 0 Å². The van der Waals surface area contributed by atoms with Gasteiger partial charge < -0.3 is 19.4 Å². The highest BCUT2D eigenvalue weighted by molar-refractivity contribution is 5.95. The fourth-order valence-corrected chi connectivity index (χ4v) is 3.89. The van der Waals surface area contributed by atoms with Gasteiger partial charge in [-0.15, -0.1) is 0 Å². The number of nitriles is 1. The molecule has 32 heavy (non-hydrogen) atoms. The second kappa shape index (κ2) is 11.8. The molecule has 2 aromatic carbocycles. The highest BCUT2D eigenvalue weighted by Crippen LogP contribution is 2.21. The number of rotatable bonds is 8. The number of methoxy groups -OCH3 is 1. The van der Waals surface area contributed by atoms with Gasteiger partial charge in [-0.3, -0.25) is 9.59 Å². The molecule has 1 aliphatic rings. The van der Waals surface area contributed by atoms with Crippen LogP contribution in [0.25, 0.3) is 0 Å². The van der Waals surface area contributed by atoms with Gasteiger partial charge in [-0.05, 0) is 42.8 Å². The second-order valence-corrected chi connectivity index (χ2v) is 7.71. The van der Waals surface area contributed by atoms with Crippen molar-refractivity contribution < 1.29 is 14.3 Å². The largest absolute Gasteiger partial charge is 0.497 e. The highest BCUT2D eigenvalue weighted by Gasteiger charge is 2.22. The molecule has 2 aromatic rings. The van der Waals surface area contributed by atoms with Gasteiger partial charge in [0, 0.05) is 56.9 Å². The van der Waals surface area contributed by atoms with Crippen molar-refractivity contribution in [2.75, 3.05) is 49.6 Å². The lowest BCUT2D eigenvalue weighted by Gasteiger charge is -2.25.